The molecule has 94 valence electrons. The Morgan fingerprint density at radius 3 is 2.24 bits per heavy atom. The third-order valence-corrected chi connectivity index (χ3v) is 3.20. The lowest BCUT2D eigenvalue weighted by Crippen LogP contribution is -2.21. The van der Waals surface area contributed by atoms with E-state index in [1.807, 2.05) is 0 Å². The van der Waals surface area contributed by atoms with Gasteiger partial charge in [0.05, 0.1) is 11.7 Å². The van der Waals surface area contributed by atoms with Crippen LogP contribution in [0.4, 0.5) is 0 Å². The molecule has 0 spiro atoms. The number of carboxylic acids is 1. The Labute approximate surface area is 100 Å². The van der Waals surface area contributed by atoms with E-state index < -0.39 is 21.7 Å². The Morgan fingerprint density at radius 2 is 1.88 bits per heavy atom. The predicted molar refractivity (Wildman–Crippen MR) is 64.4 cm³/mol. The quantitative estimate of drug-likeness (QED) is 0.793. The molecule has 0 aliphatic rings. The Morgan fingerprint density at radius 1 is 1.35 bits per heavy atom. The molecule has 0 aromatic heterocycles. The molecular weight excluding hydrogens is 242 g/mol. The molecule has 0 bridgehead atoms. The van der Waals surface area contributed by atoms with Crippen LogP contribution in [-0.4, -0.2) is 32.3 Å². The molecule has 0 saturated heterocycles. The molecule has 3 N–H and O–H groups in total. The number of carbonyl (C=O) groups is 1. The number of hydrogen-bond acceptors (Lipinski definition) is 4. The van der Waals surface area contributed by atoms with Gasteiger partial charge < -0.3 is 10.8 Å². The molecule has 0 amide bonds. The van der Waals surface area contributed by atoms with Gasteiger partial charge in [0, 0.05) is 12.8 Å². The molecule has 1 atom stereocenters. The summed E-state index contributed by atoms with van der Waals surface area (Å²) in [7, 11) is -3.07. The van der Waals surface area contributed by atoms with Gasteiger partial charge in [0.1, 0.15) is 0 Å². The molecule has 0 radical (unpaired) electrons. The van der Waals surface area contributed by atoms with Crippen LogP contribution in [0.1, 0.15) is 17.0 Å². The number of carboxylic acid groups (broad SMARTS) is 1. The van der Waals surface area contributed by atoms with Crippen molar-refractivity contribution < 1.29 is 18.3 Å². The molecule has 5 nitrogen and oxygen atoms in total. The van der Waals surface area contributed by atoms with Crippen LogP contribution in [-0.2, 0) is 20.4 Å². The van der Waals surface area contributed by atoms with Gasteiger partial charge in [-0.15, -0.1) is 0 Å². The van der Waals surface area contributed by atoms with Crippen LogP contribution < -0.4 is 5.73 Å². The van der Waals surface area contributed by atoms with Crippen molar-refractivity contribution in [1.29, 1.82) is 0 Å². The van der Waals surface area contributed by atoms with Crippen molar-refractivity contribution in [3.05, 3.63) is 35.4 Å². The fourth-order valence-corrected chi connectivity index (χ4v) is 2.33. The first kappa shape index (κ1) is 13.7. The van der Waals surface area contributed by atoms with E-state index in [4.69, 9.17) is 10.8 Å². The molecule has 0 aliphatic heterocycles. The normalized spacial score (nSPS) is 13.3. The summed E-state index contributed by atoms with van der Waals surface area (Å²) in [5, 5.41) is 8.91. The Balaban J connectivity index is 2.91. The number of rotatable bonds is 5. The number of nitrogens with two attached hydrogens (primary N) is 1. The third-order valence-electron chi connectivity index (χ3n) is 2.34. The van der Waals surface area contributed by atoms with Crippen molar-refractivity contribution in [1.82, 2.24) is 0 Å². The summed E-state index contributed by atoms with van der Waals surface area (Å²) in [4.78, 5) is 10.9. The van der Waals surface area contributed by atoms with E-state index in [0.717, 1.165) is 6.26 Å². The van der Waals surface area contributed by atoms with Crippen molar-refractivity contribution in [2.45, 2.75) is 11.7 Å². The minimum Gasteiger partial charge on any atom is -0.481 e. The van der Waals surface area contributed by atoms with Gasteiger partial charge in [0.15, 0.2) is 9.84 Å². The van der Waals surface area contributed by atoms with Gasteiger partial charge in [-0.1, -0.05) is 24.3 Å². The lowest BCUT2D eigenvalue weighted by atomic mass is 9.98. The van der Waals surface area contributed by atoms with E-state index in [1.165, 1.54) is 0 Å². The Hall–Kier alpha value is -1.40. The first-order valence-corrected chi connectivity index (χ1v) is 7.09. The fourth-order valence-electron chi connectivity index (χ4n) is 1.53. The molecule has 6 heteroatoms. The summed E-state index contributed by atoms with van der Waals surface area (Å²) in [6, 6.07) is 6.43. The maximum atomic E-state index is 11.1. The second-order valence-corrected chi connectivity index (χ2v) is 6.08. The van der Waals surface area contributed by atoms with E-state index >= 15 is 0 Å². The fraction of sp³-hybridized carbons (Fsp3) is 0.364. The Kier molecular flexibility index (Phi) is 4.25. The van der Waals surface area contributed by atoms with E-state index in [0.29, 0.717) is 11.1 Å². The number of aliphatic carboxylic acids is 1. The average Bonchev–Trinajstić information content (AvgIpc) is 2.18. The van der Waals surface area contributed by atoms with Gasteiger partial charge in [0.2, 0.25) is 0 Å². The highest BCUT2D eigenvalue weighted by Crippen LogP contribution is 2.16. The van der Waals surface area contributed by atoms with Crippen molar-refractivity contribution in [2.24, 2.45) is 5.73 Å². The molecule has 0 saturated carbocycles. The van der Waals surface area contributed by atoms with Crippen LogP contribution in [0.2, 0.25) is 0 Å². The molecule has 1 unspecified atom stereocenters. The summed E-state index contributed by atoms with van der Waals surface area (Å²) in [5.74, 6) is -1.78. The number of sulfone groups is 1. The Bertz CT molecular complexity index is 493. The highest BCUT2D eigenvalue weighted by atomic mass is 32.2. The second kappa shape index (κ2) is 5.29. The largest absolute Gasteiger partial charge is 0.481 e. The first-order chi connectivity index (χ1) is 7.83. The minimum absolute atomic E-state index is 0.0146. The molecule has 1 aromatic carbocycles. The van der Waals surface area contributed by atoms with E-state index in [-0.39, 0.29) is 12.3 Å². The molecule has 17 heavy (non-hydrogen) atoms. The van der Waals surface area contributed by atoms with Crippen LogP contribution in [0.5, 0.6) is 0 Å². The SMILES string of the molecule is CS(=O)(=O)Cc1ccc(C(CN)C(=O)O)cc1. The van der Waals surface area contributed by atoms with E-state index in [2.05, 4.69) is 0 Å². The second-order valence-electron chi connectivity index (χ2n) is 3.94. The lowest BCUT2D eigenvalue weighted by molar-refractivity contribution is -0.138. The van der Waals surface area contributed by atoms with Crippen molar-refractivity contribution in [3.63, 3.8) is 0 Å². The van der Waals surface area contributed by atoms with Gasteiger partial charge in [0.25, 0.3) is 0 Å². The zero-order chi connectivity index (χ0) is 13.1. The maximum absolute atomic E-state index is 11.1. The van der Waals surface area contributed by atoms with Crippen LogP contribution in [0, 0.1) is 0 Å². The van der Waals surface area contributed by atoms with Crippen molar-refractivity contribution in [2.75, 3.05) is 12.8 Å². The van der Waals surface area contributed by atoms with Gasteiger partial charge in [-0.2, -0.15) is 0 Å². The highest BCUT2D eigenvalue weighted by Gasteiger charge is 2.17. The van der Waals surface area contributed by atoms with E-state index in [9.17, 15) is 13.2 Å². The molecule has 1 aromatic rings. The molecular formula is C11H15NO4S. The van der Waals surface area contributed by atoms with Gasteiger partial charge in [-0.3, -0.25) is 4.79 Å². The van der Waals surface area contributed by atoms with E-state index in [1.54, 1.807) is 24.3 Å². The highest BCUT2D eigenvalue weighted by molar-refractivity contribution is 7.89. The van der Waals surface area contributed by atoms with Gasteiger partial charge >= 0.3 is 5.97 Å². The van der Waals surface area contributed by atoms with Crippen LogP contribution in [0.15, 0.2) is 24.3 Å². The summed E-state index contributed by atoms with van der Waals surface area (Å²) in [6.45, 7) is 0.0146. The van der Waals surface area contributed by atoms with Crippen LogP contribution >= 0.6 is 0 Å². The lowest BCUT2D eigenvalue weighted by Gasteiger charge is -2.10. The minimum atomic E-state index is -3.07. The topological polar surface area (TPSA) is 97.5 Å². The smallest absolute Gasteiger partial charge is 0.312 e. The molecule has 1 rings (SSSR count). The monoisotopic (exact) mass is 257 g/mol. The number of hydrogen-bond donors (Lipinski definition) is 2. The van der Waals surface area contributed by atoms with Crippen molar-refractivity contribution >= 4 is 15.8 Å². The molecule has 0 fully saturated rings. The maximum Gasteiger partial charge on any atom is 0.312 e. The predicted octanol–water partition coefficient (Wildman–Crippen LogP) is 0.358. The van der Waals surface area contributed by atoms with Gasteiger partial charge in [-0.25, -0.2) is 8.42 Å². The number of benzene rings is 1. The first-order valence-electron chi connectivity index (χ1n) is 5.03. The summed E-state index contributed by atoms with van der Waals surface area (Å²) in [5.41, 5.74) is 6.59. The van der Waals surface area contributed by atoms with Gasteiger partial charge in [-0.05, 0) is 11.1 Å². The molecule has 0 aliphatic carbocycles. The summed E-state index contributed by atoms with van der Waals surface area (Å²) in [6.07, 6.45) is 1.15. The summed E-state index contributed by atoms with van der Waals surface area (Å²) >= 11 is 0. The summed E-state index contributed by atoms with van der Waals surface area (Å²) < 4.78 is 22.1. The van der Waals surface area contributed by atoms with Crippen molar-refractivity contribution in [3.8, 4) is 0 Å². The van der Waals surface area contributed by atoms with Crippen LogP contribution in [0.3, 0.4) is 0 Å². The average molecular weight is 257 g/mol. The zero-order valence-electron chi connectivity index (χ0n) is 9.46. The standard InChI is InChI=1S/C11H15NO4S/c1-17(15,16)7-8-2-4-9(5-3-8)10(6-12)11(13)14/h2-5,10H,6-7,12H2,1H3,(H,13,14). The molecule has 0 heterocycles. The zero-order valence-corrected chi connectivity index (χ0v) is 10.3. The van der Waals surface area contributed by atoms with Crippen LogP contribution in [0.25, 0.3) is 0 Å². The third kappa shape index (κ3) is 4.16.